The molecule has 1 aromatic heterocycles. The maximum Gasteiger partial charge on any atom is 0.331 e. The number of benzene rings is 1. The molecule has 0 aliphatic carbocycles. The average molecular weight is 274 g/mol. The van der Waals surface area contributed by atoms with Crippen molar-refractivity contribution >= 4 is 22.8 Å². The van der Waals surface area contributed by atoms with E-state index in [9.17, 15) is 14.7 Å². The van der Waals surface area contributed by atoms with E-state index in [4.69, 9.17) is 4.74 Å². The highest BCUT2D eigenvalue weighted by atomic mass is 16.5. The van der Waals surface area contributed by atoms with Crippen LogP contribution in [0.2, 0.25) is 0 Å². The summed E-state index contributed by atoms with van der Waals surface area (Å²) in [6.07, 6.45) is 1.86. The maximum absolute atomic E-state index is 12.3. The number of aromatic amines is 1. The van der Waals surface area contributed by atoms with Gasteiger partial charge in [0.1, 0.15) is 0 Å². The van der Waals surface area contributed by atoms with Gasteiger partial charge in [0.25, 0.3) is 5.91 Å². The quantitative estimate of drug-likeness (QED) is 0.782. The molecule has 104 valence electrons. The van der Waals surface area contributed by atoms with Crippen LogP contribution in [0, 0.1) is 0 Å². The van der Waals surface area contributed by atoms with Crippen molar-refractivity contribution in [2.24, 2.45) is 0 Å². The molecule has 6 nitrogen and oxygen atoms in total. The molecule has 1 aromatic carbocycles. The zero-order valence-corrected chi connectivity index (χ0v) is 10.7. The van der Waals surface area contributed by atoms with Crippen LogP contribution in [0.3, 0.4) is 0 Å². The van der Waals surface area contributed by atoms with E-state index in [0.717, 1.165) is 10.9 Å². The second-order valence-corrected chi connectivity index (χ2v) is 4.89. The number of carbonyl (C=O) groups is 2. The Bertz CT molecular complexity index is 671. The van der Waals surface area contributed by atoms with Crippen LogP contribution in [-0.2, 0) is 9.53 Å². The first-order valence-electron chi connectivity index (χ1n) is 6.32. The Kier molecular flexibility index (Phi) is 2.94. The van der Waals surface area contributed by atoms with Gasteiger partial charge in [-0.3, -0.25) is 4.79 Å². The molecule has 0 saturated carbocycles. The first kappa shape index (κ1) is 12.7. The predicted molar refractivity (Wildman–Crippen MR) is 71.6 cm³/mol. The topological polar surface area (TPSA) is 91.4 Å². The van der Waals surface area contributed by atoms with Gasteiger partial charge in [-0.05, 0) is 6.07 Å². The fourth-order valence-corrected chi connectivity index (χ4v) is 2.43. The second-order valence-electron chi connectivity index (χ2n) is 4.89. The minimum absolute atomic E-state index is 0.00354. The Balaban J connectivity index is 1.91. The van der Waals surface area contributed by atoms with Crippen LogP contribution >= 0.6 is 0 Å². The monoisotopic (exact) mass is 274 g/mol. The van der Waals surface area contributed by atoms with Gasteiger partial charge in [0.05, 0.1) is 12.2 Å². The number of rotatable bonds is 3. The molecule has 2 aromatic rings. The van der Waals surface area contributed by atoms with Crippen LogP contribution in [-0.4, -0.2) is 40.7 Å². The van der Waals surface area contributed by atoms with E-state index < -0.39 is 17.4 Å². The number of carboxylic acid groups (broad SMARTS) is 1. The summed E-state index contributed by atoms with van der Waals surface area (Å²) >= 11 is 0. The Morgan fingerprint density at radius 3 is 2.85 bits per heavy atom. The van der Waals surface area contributed by atoms with Crippen molar-refractivity contribution in [1.82, 2.24) is 10.3 Å². The summed E-state index contributed by atoms with van der Waals surface area (Å²) in [5.41, 5.74) is -0.0482. The lowest BCUT2D eigenvalue weighted by Gasteiger charge is -2.23. The van der Waals surface area contributed by atoms with E-state index in [2.05, 4.69) is 10.3 Å². The highest BCUT2D eigenvalue weighted by Gasteiger charge is 2.44. The Hall–Kier alpha value is -2.34. The van der Waals surface area contributed by atoms with Crippen LogP contribution in [0.5, 0.6) is 0 Å². The summed E-state index contributed by atoms with van der Waals surface area (Å²) in [6, 6.07) is 7.37. The third kappa shape index (κ3) is 1.94. The number of H-pyrrole nitrogens is 1. The minimum atomic E-state index is -1.32. The van der Waals surface area contributed by atoms with E-state index in [-0.39, 0.29) is 13.0 Å². The first-order valence-corrected chi connectivity index (χ1v) is 6.32. The minimum Gasteiger partial charge on any atom is -0.479 e. The van der Waals surface area contributed by atoms with Crippen molar-refractivity contribution in [2.75, 3.05) is 13.2 Å². The molecular weight excluding hydrogens is 260 g/mol. The van der Waals surface area contributed by atoms with E-state index in [1.54, 1.807) is 6.20 Å². The molecule has 3 N–H and O–H groups in total. The van der Waals surface area contributed by atoms with Crippen LogP contribution in [0.4, 0.5) is 0 Å². The molecule has 1 atom stereocenters. The molecular formula is C14H14N2O4. The Morgan fingerprint density at radius 1 is 1.35 bits per heavy atom. The summed E-state index contributed by atoms with van der Waals surface area (Å²) in [4.78, 5) is 26.7. The molecule has 0 bridgehead atoms. The lowest BCUT2D eigenvalue weighted by Crippen LogP contribution is -2.55. The van der Waals surface area contributed by atoms with E-state index in [1.165, 1.54) is 0 Å². The molecule has 1 fully saturated rings. The van der Waals surface area contributed by atoms with Crippen molar-refractivity contribution < 1.29 is 19.4 Å². The smallest absolute Gasteiger partial charge is 0.331 e. The third-order valence-corrected chi connectivity index (χ3v) is 3.62. The summed E-state index contributed by atoms with van der Waals surface area (Å²) in [5.74, 6) is -1.47. The van der Waals surface area contributed by atoms with Gasteiger partial charge in [0.2, 0.25) is 0 Å². The number of hydrogen-bond acceptors (Lipinski definition) is 3. The number of aromatic nitrogens is 1. The number of nitrogens with one attached hydrogen (secondary N) is 2. The van der Waals surface area contributed by atoms with Gasteiger partial charge in [-0.2, -0.15) is 0 Å². The molecule has 2 heterocycles. The SMILES string of the molecule is O=C(NC1(C(=O)O)CCOC1)c1c[nH]c2ccccc12. The van der Waals surface area contributed by atoms with E-state index >= 15 is 0 Å². The zero-order valence-electron chi connectivity index (χ0n) is 10.7. The molecule has 0 radical (unpaired) electrons. The van der Waals surface area contributed by atoms with E-state index in [1.807, 2.05) is 24.3 Å². The van der Waals surface area contributed by atoms with Crippen molar-refractivity contribution in [2.45, 2.75) is 12.0 Å². The molecule has 1 aliphatic heterocycles. The van der Waals surface area contributed by atoms with Gasteiger partial charge >= 0.3 is 5.97 Å². The third-order valence-electron chi connectivity index (χ3n) is 3.62. The average Bonchev–Trinajstić information content (AvgIpc) is 3.05. The standard InChI is InChI=1S/C14H14N2O4/c17-12(16-14(13(18)19)5-6-20-8-14)10-7-15-11-4-2-1-3-9(10)11/h1-4,7,15H,5-6,8H2,(H,16,17)(H,18,19). The maximum atomic E-state index is 12.3. The highest BCUT2D eigenvalue weighted by molar-refractivity contribution is 6.08. The number of para-hydroxylation sites is 1. The fourth-order valence-electron chi connectivity index (χ4n) is 2.43. The lowest BCUT2D eigenvalue weighted by molar-refractivity contribution is -0.144. The zero-order chi connectivity index (χ0) is 14.2. The molecule has 1 unspecified atom stereocenters. The van der Waals surface area contributed by atoms with Crippen molar-refractivity contribution in [1.29, 1.82) is 0 Å². The van der Waals surface area contributed by atoms with Crippen LogP contribution in [0.15, 0.2) is 30.5 Å². The molecule has 1 aliphatic rings. The van der Waals surface area contributed by atoms with Crippen LogP contribution < -0.4 is 5.32 Å². The van der Waals surface area contributed by atoms with Crippen LogP contribution in [0.1, 0.15) is 16.8 Å². The molecule has 6 heteroatoms. The van der Waals surface area contributed by atoms with Gasteiger partial charge in [0.15, 0.2) is 5.54 Å². The summed E-state index contributed by atoms with van der Waals surface area (Å²) in [6.45, 7) is 0.330. The molecule has 20 heavy (non-hydrogen) atoms. The van der Waals surface area contributed by atoms with Crippen LogP contribution in [0.25, 0.3) is 10.9 Å². The van der Waals surface area contributed by atoms with Gasteiger partial charge in [-0.25, -0.2) is 4.79 Å². The second kappa shape index (κ2) is 4.64. The number of ether oxygens (including phenoxy) is 1. The van der Waals surface area contributed by atoms with E-state index in [0.29, 0.717) is 12.2 Å². The van der Waals surface area contributed by atoms with Gasteiger partial charge in [-0.15, -0.1) is 0 Å². The van der Waals surface area contributed by atoms with Gasteiger partial charge < -0.3 is 20.1 Å². The normalized spacial score (nSPS) is 22.0. The van der Waals surface area contributed by atoms with Gasteiger partial charge in [0, 0.05) is 30.1 Å². The lowest BCUT2D eigenvalue weighted by atomic mass is 9.98. The number of aliphatic carboxylic acids is 1. The van der Waals surface area contributed by atoms with Gasteiger partial charge in [-0.1, -0.05) is 18.2 Å². The number of fused-ring (bicyclic) bond motifs is 1. The fraction of sp³-hybridized carbons (Fsp3) is 0.286. The largest absolute Gasteiger partial charge is 0.479 e. The number of amides is 1. The Morgan fingerprint density at radius 2 is 2.15 bits per heavy atom. The predicted octanol–water partition coefficient (Wildman–Crippen LogP) is 1.14. The molecule has 1 amide bonds. The highest BCUT2D eigenvalue weighted by Crippen LogP contribution is 2.22. The number of carboxylic acids is 1. The van der Waals surface area contributed by atoms with Crippen molar-refractivity contribution in [3.8, 4) is 0 Å². The first-order chi connectivity index (χ1) is 9.62. The molecule has 1 saturated heterocycles. The van der Waals surface area contributed by atoms with Crippen molar-refractivity contribution in [3.63, 3.8) is 0 Å². The number of carbonyl (C=O) groups excluding carboxylic acids is 1. The summed E-state index contributed by atoms with van der Waals surface area (Å²) < 4.78 is 5.12. The summed E-state index contributed by atoms with van der Waals surface area (Å²) in [7, 11) is 0. The van der Waals surface area contributed by atoms with Crippen molar-refractivity contribution in [3.05, 3.63) is 36.0 Å². The number of hydrogen-bond donors (Lipinski definition) is 3. The summed E-state index contributed by atoms with van der Waals surface area (Å²) in [5, 5.41) is 12.7. The Labute approximate surface area is 114 Å². The molecule has 3 rings (SSSR count). The molecule has 0 spiro atoms.